The summed E-state index contributed by atoms with van der Waals surface area (Å²) in [4.78, 5) is 38.7. The minimum Gasteiger partial charge on any atom is -0.497 e. The Balaban J connectivity index is 1.56. The second-order valence-electron chi connectivity index (χ2n) is 9.77. The summed E-state index contributed by atoms with van der Waals surface area (Å²) in [5.74, 6) is -0.795. The molecule has 6 rings (SSSR count). The Hall–Kier alpha value is -3.34. The summed E-state index contributed by atoms with van der Waals surface area (Å²) in [7, 11) is 5.08. The van der Waals surface area contributed by atoms with Gasteiger partial charge in [-0.3, -0.25) is 24.4 Å². The Bertz CT molecular complexity index is 1470. The normalized spacial score (nSPS) is 26.7. The molecule has 194 valence electrons. The lowest BCUT2D eigenvalue weighted by molar-refractivity contribution is -0.139. The molecule has 0 aliphatic carbocycles. The minimum atomic E-state index is -1.47. The van der Waals surface area contributed by atoms with Gasteiger partial charge in [-0.2, -0.15) is 0 Å². The van der Waals surface area contributed by atoms with E-state index in [-0.39, 0.29) is 18.4 Å². The van der Waals surface area contributed by atoms with E-state index in [1.165, 1.54) is 28.8 Å². The number of amides is 2. The van der Waals surface area contributed by atoms with Crippen LogP contribution in [0, 0.1) is 5.82 Å². The standard InChI is InChI=1S/C28H25FN4O3S2/c1-31-16-21(22-6-4-5-13-30-22)28(27(31)20-14-18(29)9-12-23(20)32(2)24(27)34)25(35)33(26(37)38-28)15-17-7-10-19(36-3)11-8-17/h4-14,21H,15-16H2,1-3H3/t21-,27-,28+/m1/s1. The number of hydrogen-bond donors (Lipinski definition) is 0. The predicted molar refractivity (Wildman–Crippen MR) is 148 cm³/mol. The number of thioether (sulfide) groups is 1. The number of likely N-dealkylation sites (tertiary alicyclic amines) is 1. The van der Waals surface area contributed by atoms with Crippen LogP contribution in [0.5, 0.6) is 5.75 Å². The number of rotatable bonds is 4. The maximum absolute atomic E-state index is 14.8. The number of carbonyl (C=O) groups is 2. The Morgan fingerprint density at radius 1 is 1.11 bits per heavy atom. The van der Waals surface area contributed by atoms with Gasteiger partial charge in [-0.15, -0.1) is 0 Å². The van der Waals surface area contributed by atoms with E-state index in [1.54, 1.807) is 31.3 Å². The minimum absolute atomic E-state index is 0.241. The number of likely N-dealkylation sites (N-methyl/N-ethyl adjacent to an activating group) is 2. The second kappa shape index (κ2) is 8.86. The fraction of sp³-hybridized carbons (Fsp3) is 0.286. The molecule has 10 heteroatoms. The molecule has 0 unspecified atom stereocenters. The van der Waals surface area contributed by atoms with Gasteiger partial charge in [-0.1, -0.05) is 42.2 Å². The molecular weight excluding hydrogens is 523 g/mol. The molecule has 3 atom stereocenters. The highest BCUT2D eigenvalue weighted by Gasteiger charge is 2.78. The first kappa shape index (κ1) is 25.0. The van der Waals surface area contributed by atoms with Crippen molar-refractivity contribution in [1.82, 2.24) is 14.8 Å². The third kappa shape index (κ3) is 3.17. The van der Waals surface area contributed by atoms with Crippen LogP contribution in [-0.4, -0.2) is 63.4 Å². The highest BCUT2D eigenvalue weighted by molar-refractivity contribution is 8.25. The third-order valence-electron chi connectivity index (χ3n) is 7.96. The summed E-state index contributed by atoms with van der Waals surface area (Å²) < 4.78 is 19.0. The Kier molecular flexibility index (Phi) is 5.82. The van der Waals surface area contributed by atoms with Crippen molar-refractivity contribution < 1.29 is 18.7 Å². The number of pyridine rings is 1. The monoisotopic (exact) mass is 548 g/mol. The number of hydrogen-bond acceptors (Lipinski definition) is 7. The second-order valence-corrected chi connectivity index (χ2v) is 11.6. The van der Waals surface area contributed by atoms with Gasteiger partial charge < -0.3 is 9.64 Å². The van der Waals surface area contributed by atoms with Crippen molar-refractivity contribution in [3.8, 4) is 5.75 Å². The SMILES string of the molecule is COc1ccc(CN2C(=O)[C@@]3(SC2=S)[C@@H](c2ccccn2)CN(C)[C@]32C(=O)N(C)c3ccc(F)cc32)cc1. The van der Waals surface area contributed by atoms with E-state index < -0.39 is 22.0 Å². The first-order chi connectivity index (χ1) is 18.3. The lowest BCUT2D eigenvalue weighted by atomic mass is 9.72. The van der Waals surface area contributed by atoms with Crippen LogP contribution in [0.25, 0.3) is 0 Å². The maximum Gasteiger partial charge on any atom is 0.254 e. The summed E-state index contributed by atoms with van der Waals surface area (Å²) in [5.41, 5.74) is 1.14. The van der Waals surface area contributed by atoms with E-state index in [0.29, 0.717) is 33.6 Å². The first-order valence-electron chi connectivity index (χ1n) is 12.1. The van der Waals surface area contributed by atoms with Gasteiger partial charge in [0.25, 0.3) is 5.91 Å². The maximum atomic E-state index is 14.8. The summed E-state index contributed by atoms with van der Waals surface area (Å²) in [6.45, 7) is 0.607. The summed E-state index contributed by atoms with van der Waals surface area (Å²) in [6, 6.07) is 17.3. The number of fused-ring (bicyclic) bond motifs is 3. The Labute approximate surface area is 229 Å². The first-order valence-corrected chi connectivity index (χ1v) is 13.4. The van der Waals surface area contributed by atoms with Crippen LogP contribution < -0.4 is 9.64 Å². The largest absolute Gasteiger partial charge is 0.497 e. The zero-order valence-electron chi connectivity index (χ0n) is 21.1. The van der Waals surface area contributed by atoms with Crippen LogP contribution >= 0.6 is 24.0 Å². The summed E-state index contributed by atoms with van der Waals surface area (Å²) >= 11 is 7.06. The number of aromatic nitrogens is 1. The molecule has 2 fully saturated rings. The molecule has 4 heterocycles. The van der Waals surface area contributed by atoms with Gasteiger partial charge in [-0.05, 0) is 55.1 Å². The van der Waals surface area contributed by atoms with Crippen molar-refractivity contribution in [3.05, 3.63) is 89.5 Å². The average Bonchev–Trinajstić information content (AvgIpc) is 3.43. The fourth-order valence-electron chi connectivity index (χ4n) is 6.26. The van der Waals surface area contributed by atoms with Gasteiger partial charge in [-0.25, -0.2) is 4.39 Å². The number of benzene rings is 2. The average molecular weight is 549 g/mol. The van der Waals surface area contributed by atoms with Gasteiger partial charge in [0.05, 0.1) is 13.7 Å². The van der Waals surface area contributed by atoms with Crippen LogP contribution in [0.15, 0.2) is 66.9 Å². The number of nitrogens with zero attached hydrogens (tertiary/aromatic N) is 4. The molecule has 2 aromatic carbocycles. The number of ether oxygens (including phenoxy) is 1. The molecule has 3 aliphatic rings. The zero-order valence-corrected chi connectivity index (χ0v) is 22.7. The van der Waals surface area contributed by atoms with Crippen LogP contribution in [0.1, 0.15) is 22.7 Å². The highest BCUT2D eigenvalue weighted by atomic mass is 32.2. The van der Waals surface area contributed by atoms with Crippen LogP contribution in [0.3, 0.4) is 0 Å². The van der Waals surface area contributed by atoms with E-state index in [2.05, 4.69) is 4.98 Å². The van der Waals surface area contributed by atoms with Gasteiger partial charge in [0.1, 0.15) is 20.6 Å². The Morgan fingerprint density at radius 3 is 2.55 bits per heavy atom. The van der Waals surface area contributed by atoms with Gasteiger partial charge in [0.15, 0.2) is 5.54 Å². The van der Waals surface area contributed by atoms with Gasteiger partial charge in [0.2, 0.25) is 5.91 Å². The number of methoxy groups -OCH3 is 1. The molecule has 3 aliphatic heterocycles. The zero-order chi connectivity index (χ0) is 26.8. The molecule has 38 heavy (non-hydrogen) atoms. The molecule has 1 aromatic heterocycles. The third-order valence-corrected chi connectivity index (χ3v) is 9.90. The molecular formula is C28H25FN4O3S2. The van der Waals surface area contributed by atoms with E-state index >= 15 is 0 Å². The molecule has 0 saturated carbocycles. The molecule has 0 radical (unpaired) electrons. The van der Waals surface area contributed by atoms with Crippen LogP contribution in [0.4, 0.5) is 10.1 Å². The molecule has 2 spiro atoms. The van der Waals surface area contributed by atoms with Gasteiger partial charge in [0, 0.05) is 42.7 Å². The van der Waals surface area contributed by atoms with Crippen molar-refractivity contribution in [1.29, 1.82) is 0 Å². The topological polar surface area (TPSA) is 66.0 Å². The number of halogens is 1. The van der Waals surface area contributed by atoms with Crippen LogP contribution in [0.2, 0.25) is 0 Å². The lowest BCUT2D eigenvalue weighted by Crippen LogP contribution is -2.62. The highest BCUT2D eigenvalue weighted by Crippen LogP contribution is 2.66. The predicted octanol–water partition coefficient (Wildman–Crippen LogP) is 3.93. The van der Waals surface area contributed by atoms with E-state index in [9.17, 15) is 14.0 Å². The van der Waals surface area contributed by atoms with Crippen molar-refractivity contribution in [2.75, 3.05) is 32.6 Å². The number of thiocarbonyl (C=S) groups is 1. The van der Waals surface area contributed by atoms with Crippen molar-refractivity contribution in [2.24, 2.45) is 0 Å². The van der Waals surface area contributed by atoms with E-state index in [0.717, 1.165) is 5.56 Å². The van der Waals surface area contributed by atoms with E-state index in [1.807, 2.05) is 54.4 Å². The Morgan fingerprint density at radius 2 is 1.87 bits per heavy atom. The van der Waals surface area contributed by atoms with Gasteiger partial charge >= 0.3 is 0 Å². The molecule has 0 N–H and O–H groups in total. The van der Waals surface area contributed by atoms with Crippen molar-refractivity contribution in [2.45, 2.75) is 22.7 Å². The molecule has 2 amide bonds. The fourth-order valence-corrected chi connectivity index (χ4v) is 8.37. The molecule has 3 aromatic rings. The van der Waals surface area contributed by atoms with Crippen molar-refractivity contribution >= 4 is 45.8 Å². The van der Waals surface area contributed by atoms with Crippen molar-refractivity contribution in [3.63, 3.8) is 0 Å². The molecule has 7 nitrogen and oxygen atoms in total. The summed E-state index contributed by atoms with van der Waals surface area (Å²) in [5, 5.41) is 0. The number of carbonyl (C=O) groups excluding carboxylic acids is 2. The smallest absolute Gasteiger partial charge is 0.254 e. The summed E-state index contributed by atoms with van der Waals surface area (Å²) in [6.07, 6.45) is 1.68. The quantitative estimate of drug-likeness (QED) is 0.458. The molecule has 2 saturated heterocycles. The lowest BCUT2D eigenvalue weighted by Gasteiger charge is -2.42. The number of anilines is 1. The molecule has 0 bridgehead atoms. The van der Waals surface area contributed by atoms with E-state index in [4.69, 9.17) is 17.0 Å². The van der Waals surface area contributed by atoms with Crippen LogP contribution in [-0.2, 0) is 21.7 Å².